The van der Waals surface area contributed by atoms with Crippen molar-refractivity contribution in [3.63, 3.8) is 0 Å². The van der Waals surface area contributed by atoms with E-state index in [1.807, 2.05) is 18.7 Å². The molecule has 1 aliphatic heterocycles. The summed E-state index contributed by atoms with van der Waals surface area (Å²) >= 11 is 0. The highest BCUT2D eigenvalue weighted by atomic mass is 35.5. The molecule has 1 heterocycles. The van der Waals surface area contributed by atoms with Gasteiger partial charge in [0.1, 0.15) is 0 Å². The minimum atomic E-state index is 0. The molecule has 1 aliphatic rings. The standard InChI is InChI=1S/C11H22N2O2.ClH/c1-9(2)15-7-5-11(14)13-6-3-4-10(13)8-12;/h9-10H,3-8,12H2,1-2H3;1H. The van der Waals surface area contributed by atoms with E-state index in [2.05, 4.69) is 0 Å². The average molecular weight is 251 g/mol. The Bertz CT molecular complexity index is 212. The van der Waals surface area contributed by atoms with Crippen LogP contribution in [0.5, 0.6) is 0 Å². The second-order valence-electron chi connectivity index (χ2n) is 4.29. The first-order valence-corrected chi connectivity index (χ1v) is 5.76. The highest BCUT2D eigenvalue weighted by Gasteiger charge is 2.26. The Morgan fingerprint density at radius 1 is 1.56 bits per heavy atom. The molecule has 2 N–H and O–H groups in total. The van der Waals surface area contributed by atoms with Crippen LogP contribution in [0.3, 0.4) is 0 Å². The number of likely N-dealkylation sites (tertiary alicyclic amines) is 1. The van der Waals surface area contributed by atoms with Gasteiger partial charge in [0, 0.05) is 19.1 Å². The van der Waals surface area contributed by atoms with E-state index in [4.69, 9.17) is 10.5 Å². The van der Waals surface area contributed by atoms with Crippen LogP contribution in [0.4, 0.5) is 0 Å². The lowest BCUT2D eigenvalue weighted by Crippen LogP contribution is -2.40. The second-order valence-corrected chi connectivity index (χ2v) is 4.29. The van der Waals surface area contributed by atoms with Gasteiger partial charge in [0.05, 0.1) is 19.1 Å². The maximum absolute atomic E-state index is 11.8. The Labute approximate surface area is 104 Å². The minimum Gasteiger partial charge on any atom is -0.378 e. The van der Waals surface area contributed by atoms with Gasteiger partial charge in [-0.15, -0.1) is 12.4 Å². The van der Waals surface area contributed by atoms with Crippen LogP contribution < -0.4 is 5.73 Å². The summed E-state index contributed by atoms with van der Waals surface area (Å²) in [6, 6.07) is 0.261. The Morgan fingerprint density at radius 2 is 2.25 bits per heavy atom. The Kier molecular flexibility index (Phi) is 7.72. The van der Waals surface area contributed by atoms with Crippen LogP contribution in [-0.4, -0.2) is 42.6 Å². The summed E-state index contributed by atoms with van der Waals surface area (Å²) in [5.74, 6) is 0.184. The van der Waals surface area contributed by atoms with E-state index in [-0.39, 0.29) is 30.5 Å². The van der Waals surface area contributed by atoms with Crippen LogP contribution in [0, 0.1) is 0 Å². The minimum absolute atomic E-state index is 0. The molecule has 1 rings (SSSR count). The third-order valence-electron chi connectivity index (χ3n) is 2.74. The molecule has 0 aromatic carbocycles. The lowest BCUT2D eigenvalue weighted by molar-refractivity contribution is -0.133. The van der Waals surface area contributed by atoms with E-state index in [1.165, 1.54) is 0 Å². The number of amides is 1. The van der Waals surface area contributed by atoms with Gasteiger partial charge < -0.3 is 15.4 Å². The number of nitrogens with zero attached hydrogens (tertiary/aromatic N) is 1. The fourth-order valence-corrected chi connectivity index (χ4v) is 1.93. The third kappa shape index (κ3) is 4.68. The van der Waals surface area contributed by atoms with Gasteiger partial charge in [-0.05, 0) is 26.7 Å². The molecule has 16 heavy (non-hydrogen) atoms. The Balaban J connectivity index is 0.00000225. The van der Waals surface area contributed by atoms with Crippen LogP contribution >= 0.6 is 12.4 Å². The van der Waals surface area contributed by atoms with E-state index in [1.54, 1.807) is 0 Å². The molecule has 0 aromatic heterocycles. The molecule has 1 saturated heterocycles. The van der Waals surface area contributed by atoms with Crippen LogP contribution in [0.25, 0.3) is 0 Å². The largest absolute Gasteiger partial charge is 0.378 e. The maximum atomic E-state index is 11.8. The molecule has 1 unspecified atom stereocenters. The summed E-state index contributed by atoms with van der Waals surface area (Å²) in [6.45, 7) is 5.91. The zero-order valence-corrected chi connectivity index (χ0v) is 11.0. The lowest BCUT2D eigenvalue weighted by atomic mass is 10.2. The number of halogens is 1. The zero-order chi connectivity index (χ0) is 11.3. The number of carbonyl (C=O) groups excluding carboxylic acids is 1. The summed E-state index contributed by atoms with van der Waals surface area (Å²) in [4.78, 5) is 13.7. The molecule has 0 aromatic rings. The van der Waals surface area contributed by atoms with Gasteiger partial charge in [-0.25, -0.2) is 0 Å². The van der Waals surface area contributed by atoms with E-state index >= 15 is 0 Å². The summed E-state index contributed by atoms with van der Waals surface area (Å²) in [5.41, 5.74) is 5.61. The SMILES string of the molecule is CC(C)OCCC(=O)N1CCCC1CN.Cl. The normalized spacial score (nSPS) is 20.0. The molecule has 96 valence electrons. The summed E-state index contributed by atoms with van der Waals surface area (Å²) in [6.07, 6.45) is 2.81. The van der Waals surface area contributed by atoms with Crippen LogP contribution in [0.15, 0.2) is 0 Å². The van der Waals surface area contributed by atoms with Crippen LogP contribution in [-0.2, 0) is 9.53 Å². The van der Waals surface area contributed by atoms with Crippen molar-refractivity contribution in [3.8, 4) is 0 Å². The molecular weight excluding hydrogens is 228 g/mol. The zero-order valence-electron chi connectivity index (χ0n) is 10.1. The highest BCUT2D eigenvalue weighted by molar-refractivity contribution is 5.85. The highest BCUT2D eigenvalue weighted by Crippen LogP contribution is 2.17. The molecule has 1 fully saturated rings. The fraction of sp³-hybridized carbons (Fsp3) is 0.909. The van der Waals surface area contributed by atoms with Crippen molar-refractivity contribution in [1.29, 1.82) is 0 Å². The molecule has 0 aliphatic carbocycles. The van der Waals surface area contributed by atoms with Crippen LogP contribution in [0.1, 0.15) is 33.1 Å². The molecule has 0 spiro atoms. The molecule has 1 atom stereocenters. The molecule has 0 saturated carbocycles. The first kappa shape index (κ1) is 15.7. The summed E-state index contributed by atoms with van der Waals surface area (Å²) in [5, 5.41) is 0. The number of hydrogen-bond acceptors (Lipinski definition) is 3. The lowest BCUT2D eigenvalue weighted by Gasteiger charge is -2.23. The third-order valence-corrected chi connectivity index (χ3v) is 2.74. The van der Waals surface area contributed by atoms with Gasteiger partial charge in [-0.2, -0.15) is 0 Å². The second kappa shape index (κ2) is 7.87. The van der Waals surface area contributed by atoms with Crippen LogP contribution in [0.2, 0.25) is 0 Å². The monoisotopic (exact) mass is 250 g/mol. The molecule has 1 amide bonds. The van der Waals surface area contributed by atoms with E-state index in [0.717, 1.165) is 19.4 Å². The van der Waals surface area contributed by atoms with E-state index in [0.29, 0.717) is 19.6 Å². The van der Waals surface area contributed by atoms with Gasteiger partial charge in [0.25, 0.3) is 0 Å². The first-order chi connectivity index (χ1) is 7.15. The predicted molar refractivity (Wildman–Crippen MR) is 66.7 cm³/mol. The van der Waals surface area contributed by atoms with Crippen molar-refractivity contribution in [1.82, 2.24) is 4.90 Å². The average Bonchev–Trinajstić information content (AvgIpc) is 2.64. The Morgan fingerprint density at radius 3 is 2.81 bits per heavy atom. The fourth-order valence-electron chi connectivity index (χ4n) is 1.93. The van der Waals surface area contributed by atoms with Crippen molar-refractivity contribution in [2.75, 3.05) is 19.7 Å². The maximum Gasteiger partial charge on any atom is 0.225 e. The van der Waals surface area contributed by atoms with E-state index in [9.17, 15) is 4.79 Å². The number of carbonyl (C=O) groups is 1. The molecule has 5 heteroatoms. The first-order valence-electron chi connectivity index (χ1n) is 5.76. The van der Waals surface area contributed by atoms with Crippen molar-refractivity contribution in [2.24, 2.45) is 5.73 Å². The van der Waals surface area contributed by atoms with Gasteiger partial charge in [0.2, 0.25) is 5.91 Å². The smallest absolute Gasteiger partial charge is 0.225 e. The quantitative estimate of drug-likeness (QED) is 0.797. The van der Waals surface area contributed by atoms with Gasteiger partial charge in [0.15, 0.2) is 0 Å². The number of ether oxygens (including phenoxy) is 1. The topological polar surface area (TPSA) is 55.6 Å². The van der Waals surface area contributed by atoms with Crippen molar-refractivity contribution in [2.45, 2.75) is 45.3 Å². The molecule has 4 nitrogen and oxygen atoms in total. The number of hydrogen-bond donors (Lipinski definition) is 1. The molecular formula is C11H23ClN2O2. The summed E-state index contributed by atoms with van der Waals surface area (Å²) < 4.78 is 5.36. The molecule has 0 radical (unpaired) electrons. The Hall–Kier alpha value is -0.320. The van der Waals surface area contributed by atoms with Gasteiger partial charge in [-0.1, -0.05) is 0 Å². The van der Waals surface area contributed by atoms with Gasteiger partial charge >= 0.3 is 0 Å². The van der Waals surface area contributed by atoms with Gasteiger partial charge in [-0.3, -0.25) is 4.79 Å². The van der Waals surface area contributed by atoms with E-state index < -0.39 is 0 Å². The molecule has 0 bridgehead atoms. The number of nitrogens with two attached hydrogens (primary N) is 1. The summed E-state index contributed by atoms with van der Waals surface area (Å²) in [7, 11) is 0. The predicted octanol–water partition coefficient (Wildman–Crippen LogP) is 1.17. The van der Waals surface area contributed by atoms with Crippen molar-refractivity contribution in [3.05, 3.63) is 0 Å². The number of rotatable bonds is 5. The van der Waals surface area contributed by atoms with Crippen molar-refractivity contribution < 1.29 is 9.53 Å². The van der Waals surface area contributed by atoms with Crippen molar-refractivity contribution >= 4 is 18.3 Å².